The Morgan fingerprint density at radius 1 is 1.41 bits per heavy atom. The number of benzene rings is 1. The zero-order valence-electron chi connectivity index (χ0n) is 16.7. The van der Waals surface area contributed by atoms with Crippen molar-refractivity contribution in [3.05, 3.63) is 33.6 Å². The van der Waals surface area contributed by atoms with Crippen LogP contribution in [0, 0.1) is 12.8 Å². The smallest absolute Gasteiger partial charge is 0.341 e. The van der Waals surface area contributed by atoms with Gasteiger partial charge in [-0.05, 0) is 36.2 Å². The van der Waals surface area contributed by atoms with E-state index in [1.165, 1.54) is 6.20 Å². The van der Waals surface area contributed by atoms with Crippen molar-refractivity contribution < 1.29 is 14.3 Å². The maximum atomic E-state index is 13.9. The summed E-state index contributed by atoms with van der Waals surface area (Å²) >= 11 is 0. The Balaban J connectivity index is 1.92. The predicted octanol–water partition coefficient (Wildman–Crippen LogP) is 2.36. The van der Waals surface area contributed by atoms with E-state index in [1.807, 2.05) is 6.92 Å². The number of carboxylic acids is 1. The van der Waals surface area contributed by atoms with Crippen molar-refractivity contribution in [3.63, 3.8) is 0 Å². The highest BCUT2D eigenvalue weighted by Crippen LogP contribution is 2.42. The van der Waals surface area contributed by atoms with Gasteiger partial charge in [-0.25, -0.2) is 9.18 Å². The average molecular weight is 419 g/mol. The SMILES string of the molecule is CCCC1CN(c2c(P)cc3c(=O)c(C(=O)O)cn(C4CC4F)c3c2C)CC1N. The van der Waals surface area contributed by atoms with Gasteiger partial charge in [0.05, 0.1) is 11.6 Å². The monoisotopic (exact) mass is 419 g/mol. The zero-order chi connectivity index (χ0) is 21.0. The molecule has 2 heterocycles. The molecule has 0 spiro atoms. The number of nitrogens with two attached hydrogens (primary N) is 1. The first-order chi connectivity index (χ1) is 13.7. The number of carboxylic acid groups (broad SMARTS) is 1. The first kappa shape index (κ1) is 20.3. The summed E-state index contributed by atoms with van der Waals surface area (Å²) in [7, 11) is 2.67. The number of aryl methyl sites for hydroxylation is 1. The van der Waals surface area contributed by atoms with Gasteiger partial charge in [-0.3, -0.25) is 4.79 Å². The first-order valence-electron chi connectivity index (χ1n) is 10.1. The van der Waals surface area contributed by atoms with Crippen molar-refractivity contribution in [2.24, 2.45) is 11.7 Å². The highest BCUT2D eigenvalue weighted by Gasteiger charge is 2.41. The van der Waals surface area contributed by atoms with E-state index >= 15 is 0 Å². The average Bonchev–Trinajstić information content (AvgIpc) is 3.27. The van der Waals surface area contributed by atoms with Crippen molar-refractivity contribution in [1.82, 2.24) is 4.57 Å². The summed E-state index contributed by atoms with van der Waals surface area (Å²) in [5.41, 5.74) is 8.00. The molecule has 1 aliphatic heterocycles. The molecule has 4 rings (SSSR count). The number of fused-ring (bicyclic) bond motifs is 1. The van der Waals surface area contributed by atoms with Crippen LogP contribution in [-0.4, -0.2) is 40.9 Å². The number of nitrogens with zero attached hydrogens (tertiary/aromatic N) is 2. The molecule has 5 unspecified atom stereocenters. The largest absolute Gasteiger partial charge is 0.477 e. The number of aromatic carboxylic acids is 1. The summed E-state index contributed by atoms with van der Waals surface area (Å²) in [4.78, 5) is 26.7. The van der Waals surface area contributed by atoms with Crippen LogP contribution in [0.1, 0.15) is 48.1 Å². The third kappa shape index (κ3) is 3.34. The minimum Gasteiger partial charge on any atom is -0.477 e. The van der Waals surface area contributed by atoms with Gasteiger partial charge < -0.3 is 20.3 Å². The minimum absolute atomic E-state index is 0.0877. The standard InChI is InChI=1S/C21H27FN3O3P/c1-3-4-11-7-24(9-15(11)23)19-10(2)18-12(5-17(19)29)20(26)13(21(27)28)8-25(18)16-6-14(16)22/h5,8,11,14-16H,3-4,6-7,9,23,29H2,1-2H3,(H,27,28). The lowest BCUT2D eigenvalue weighted by atomic mass is 9.99. The summed E-state index contributed by atoms with van der Waals surface area (Å²) in [5, 5.41) is 10.6. The highest BCUT2D eigenvalue weighted by molar-refractivity contribution is 7.28. The topological polar surface area (TPSA) is 88.6 Å². The van der Waals surface area contributed by atoms with E-state index in [0.717, 1.165) is 42.5 Å². The lowest BCUT2D eigenvalue weighted by molar-refractivity contribution is 0.0694. The molecular weight excluding hydrogens is 392 g/mol. The quantitative estimate of drug-likeness (QED) is 0.727. The summed E-state index contributed by atoms with van der Waals surface area (Å²) in [6, 6.07) is 1.39. The van der Waals surface area contributed by atoms with Crippen LogP contribution in [0.2, 0.25) is 0 Å². The van der Waals surface area contributed by atoms with Gasteiger partial charge in [0.25, 0.3) is 0 Å². The van der Waals surface area contributed by atoms with Gasteiger partial charge in [0.2, 0.25) is 5.43 Å². The van der Waals surface area contributed by atoms with Crippen LogP contribution in [0.5, 0.6) is 0 Å². The van der Waals surface area contributed by atoms with E-state index in [-0.39, 0.29) is 11.6 Å². The molecule has 1 aromatic heterocycles. The molecule has 0 radical (unpaired) electrons. The molecule has 0 bridgehead atoms. The summed E-state index contributed by atoms with van der Waals surface area (Å²) in [6.45, 7) is 5.65. The lowest BCUT2D eigenvalue weighted by Gasteiger charge is -2.26. The second kappa shape index (κ2) is 7.37. The number of pyridine rings is 1. The fourth-order valence-electron chi connectivity index (χ4n) is 4.76. The molecule has 5 atom stereocenters. The Kier molecular flexibility index (Phi) is 5.16. The zero-order valence-corrected chi connectivity index (χ0v) is 17.8. The maximum absolute atomic E-state index is 13.9. The minimum atomic E-state index is -1.29. The number of rotatable bonds is 5. The van der Waals surface area contributed by atoms with Gasteiger partial charge >= 0.3 is 5.97 Å². The van der Waals surface area contributed by atoms with E-state index in [4.69, 9.17) is 5.73 Å². The molecule has 2 aliphatic rings. The molecule has 2 fully saturated rings. The molecule has 0 amide bonds. The van der Waals surface area contributed by atoms with Crippen LogP contribution >= 0.6 is 9.24 Å². The summed E-state index contributed by atoms with van der Waals surface area (Å²) in [5.74, 6) is -0.878. The number of hydrogen-bond acceptors (Lipinski definition) is 4. The van der Waals surface area contributed by atoms with Gasteiger partial charge in [0.15, 0.2) is 0 Å². The molecule has 29 heavy (non-hydrogen) atoms. The number of anilines is 1. The number of alkyl halides is 1. The fraction of sp³-hybridized carbons (Fsp3) is 0.524. The lowest BCUT2D eigenvalue weighted by Crippen LogP contribution is -2.31. The van der Waals surface area contributed by atoms with E-state index in [9.17, 15) is 19.1 Å². The molecule has 156 valence electrons. The molecular formula is C21H27FN3O3P. The predicted molar refractivity (Wildman–Crippen MR) is 116 cm³/mol. The number of carbonyl (C=O) groups is 1. The molecule has 3 N–H and O–H groups in total. The second-order valence-corrected chi connectivity index (χ2v) is 8.98. The second-order valence-electron chi connectivity index (χ2n) is 8.36. The number of halogens is 1. The van der Waals surface area contributed by atoms with Crippen molar-refractivity contribution in [2.75, 3.05) is 18.0 Å². The van der Waals surface area contributed by atoms with Gasteiger partial charge in [0.1, 0.15) is 11.7 Å². The Bertz CT molecular complexity index is 1050. The van der Waals surface area contributed by atoms with Gasteiger partial charge in [0, 0.05) is 42.8 Å². The highest BCUT2D eigenvalue weighted by atomic mass is 31.0. The Hall–Kier alpha value is -1.98. The third-order valence-electron chi connectivity index (χ3n) is 6.29. The fourth-order valence-corrected chi connectivity index (χ4v) is 5.33. The normalized spacial score (nSPS) is 26.3. The van der Waals surface area contributed by atoms with Crippen molar-refractivity contribution >= 4 is 37.1 Å². The summed E-state index contributed by atoms with van der Waals surface area (Å²) in [6.07, 6.45) is 2.77. The van der Waals surface area contributed by atoms with Crippen LogP contribution in [0.25, 0.3) is 10.9 Å². The Labute approximate surface area is 171 Å². The molecule has 1 aromatic carbocycles. The molecule has 2 aromatic rings. The van der Waals surface area contributed by atoms with Crippen molar-refractivity contribution in [1.29, 1.82) is 0 Å². The molecule has 1 aliphatic carbocycles. The van der Waals surface area contributed by atoms with E-state index in [1.54, 1.807) is 10.6 Å². The van der Waals surface area contributed by atoms with E-state index < -0.39 is 23.6 Å². The van der Waals surface area contributed by atoms with Crippen LogP contribution in [-0.2, 0) is 0 Å². The van der Waals surface area contributed by atoms with Crippen molar-refractivity contribution in [2.45, 2.75) is 51.4 Å². The molecule has 6 nitrogen and oxygen atoms in total. The van der Waals surface area contributed by atoms with Crippen molar-refractivity contribution in [3.8, 4) is 0 Å². The number of aromatic nitrogens is 1. The van der Waals surface area contributed by atoms with E-state index in [2.05, 4.69) is 21.1 Å². The van der Waals surface area contributed by atoms with Gasteiger partial charge in [-0.15, -0.1) is 9.24 Å². The van der Waals surface area contributed by atoms with Gasteiger partial charge in [-0.2, -0.15) is 0 Å². The van der Waals surface area contributed by atoms with E-state index in [0.29, 0.717) is 23.2 Å². The Morgan fingerprint density at radius 2 is 2.10 bits per heavy atom. The van der Waals surface area contributed by atoms with Crippen LogP contribution < -0.4 is 21.4 Å². The summed E-state index contributed by atoms with van der Waals surface area (Å²) < 4.78 is 15.6. The van der Waals surface area contributed by atoms with Gasteiger partial charge in [-0.1, -0.05) is 13.3 Å². The molecule has 1 saturated heterocycles. The van der Waals surface area contributed by atoms with Crippen LogP contribution in [0.3, 0.4) is 0 Å². The Morgan fingerprint density at radius 3 is 2.69 bits per heavy atom. The van der Waals surface area contributed by atoms with Crippen LogP contribution in [0.4, 0.5) is 10.1 Å². The molecule has 8 heteroatoms. The first-order valence-corrected chi connectivity index (χ1v) is 10.7. The van der Waals surface area contributed by atoms with Crippen LogP contribution in [0.15, 0.2) is 17.1 Å². The number of hydrogen-bond donors (Lipinski definition) is 2. The molecule has 1 saturated carbocycles. The maximum Gasteiger partial charge on any atom is 0.341 e. The third-order valence-corrected chi connectivity index (χ3v) is 6.73.